The number of hydrogen-bond acceptors (Lipinski definition) is 4. The number of piperidine rings is 1. The molecule has 3 rings (SSSR count). The predicted octanol–water partition coefficient (Wildman–Crippen LogP) is 1.85. The Balaban J connectivity index is 1.51. The molecule has 2 aromatic rings. The second kappa shape index (κ2) is 6.54. The number of aromatic amines is 1. The van der Waals surface area contributed by atoms with Crippen molar-refractivity contribution in [2.45, 2.75) is 25.4 Å². The highest BCUT2D eigenvalue weighted by Crippen LogP contribution is 2.15. The largest absolute Gasteiger partial charge is 0.363 e. The Labute approximate surface area is 124 Å². The molecule has 1 fully saturated rings. The molecule has 1 aromatic carbocycles. The van der Waals surface area contributed by atoms with Gasteiger partial charge in [0.2, 0.25) is 0 Å². The molecule has 1 aliphatic rings. The minimum atomic E-state index is -0.149. The highest BCUT2D eigenvalue weighted by Gasteiger charge is 2.20. The Morgan fingerprint density at radius 1 is 1.24 bits per heavy atom. The van der Waals surface area contributed by atoms with Crippen LogP contribution in [0.5, 0.6) is 0 Å². The van der Waals surface area contributed by atoms with E-state index in [0.29, 0.717) is 11.9 Å². The zero-order valence-corrected chi connectivity index (χ0v) is 12.0. The fourth-order valence-corrected chi connectivity index (χ4v) is 2.72. The average Bonchev–Trinajstić information content (AvgIpc) is 2.52. The SMILES string of the molecule is O=c1[nH]ccnc1NC1CCN(Cc2ccccc2)CC1. The molecule has 0 bridgehead atoms. The van der Waals surface area contributed by atoms with Crippen molar-refractivity contribution in [3.05, 3.63) is 58.6 Å². The van der Waals surface area contributed by atoms with Gasteiger partial charge in [0.15, 0.2) is 5.82 Å². The van der Waals surface area contributed by atoms with E-state index in [9.17, 15) is 4.79 Å². The molecule has 5 nitrogen and oxygen atoms in total. The Kier molecular flexibility index (Phi) is 4.31. The number of aromatic nitrogens is 2. The molecule has 0 spiro atoms. The summed E-state index contributed by atoms with van der Waals surface area (Å²) in [7, 11) is 0. The maximum atomic E-state index is 11.6. The quantitative estimate of drug-likeness (QED) is 0.899. The number of nitrogens with zero attached hydrogens (tertiary/aromatic N) is 2. The Morgan fingerprint density at radius 3 is 2.71 bits per heavy atom. The van der Waals surface area contributed by atoms with Crippen LogP contribution in [0.3, 0.4) is 0 Å². The maximum absolute atomic E-state index is 11.6. The predicted molar refractivity (Wildman–Crippen MR) is 83.2 cm³/mol. The number of anilines is 1. The van der Waals surface area contributed by atoms with Gasteiger partial charge in [-0.3, -0.25) is 9.69 Å². The monoisotopic (exact) mass is 284 g/mol. The molecule has 0 aliphatic carbocycles. The van der Waals surface area contributed by atoms with E-state index in [2.05, 4.69) is 44.5 Å². The van der Waals surface area contributed by atoms with Crippen molar-refractivity contribution in [1.29, 1.82) is 0 Å². The van der Waals surface area contributed by atoms with Crippen LogP contribution in [-0.4, -0.2) is 34.0 Å². The van der Waals surface area contributed by atoms with Gasteiger partial charge in [-0.15, -0.1) is 0 Å². The van der Waals surface area contributed by atoms with E-state index >= 15 is 0 Å². The van der Waals surface area contributed by atoms with Gasteiger partial charge in [-0.2, -0.15) is 0 Å². The molecule has 0 amide bonds. The summed E-state index contributed by atoms with van der Waals surface area (Å²) in [5.41, 5.74) is 1.20. The zero-order valence-electron chi connectivity index (χ0n) is 12.0. The van der Waals surface area contributed by atoms with Gasteiger partial charge >= 0.3 is 0 Å². The van der Waals surface area contributed by atoms with Crippen LogP contribution in [0.4, 0.5) is 5.82 Å². The van der Waals surface area contributed by atoms with E-state index < -0.39 is 0 Å². The summed E-state index contributed by atoms with van der Waals surface area (Å²) >= 11 is 0. The van der Waals surface area contributed by atoms with E-state index in [1.165, 1.54) is 5.56 Å². The van der Waals surface area contributed by atoms with Crippen molar-refractivity contribution < 1.29 is 0 Å². The molecule has 0 atom stereocenters. The third kappa shape index (κ3) is 3.70. The van der Waals surface area contributed by atoms with E-state index in [0.717, 1.165) is 32.5 Å². The summed E-state index contributed by atoms with van der Waals surface area (Å²) in [6, 6.07) is 10.9. The van der Waals surface area contributed by atoms with Crippen molar-refractivity contribution in [2.75, 3.05) is 18.4 Å². The number of H-pyrrole nitrogens is 1. The molecule has 1 saturated heterocycles. The number of likely N-dealkylation sites (tertiary alicyclic amines) is 1. The van der Waals surface area contributed by atoms with Crippen LogP contribution in [-0.2, 0) is 6.54 Å². The summed E-state index contributed by atoms with van der Waals surface area (Å²) in [5.74, 6) is 0.430. The van der Waals surface area contributed by atoms with E-state index in [1.54, 1.807) is 12.4 Å². The summed E-state index contributed by atoms with van der Waals surface area (Å²) in [6.07, 6.45) is 5.22. The molecular formula is C16H20N4O. The molecule has 5 heteroatoms. The third-order valence-corrected chi connectivity index (χ3v) is 3.89. The van der Waals surface area contributed by atoms with Gasteiger partial charge in [-0.25, -0.2) is 4.98 Å². The first kappa shape index (κ1) is 13.8. The lowest BCUT2D eigenvalue weighted by atomic mass is 10.0. The average molecular weight is 284 g/mol. The Morgan fingerprint density at radius 2 is 2.00 bits per heavy atom. The Bertz CT molecular complexity index is 617. The first-order valence-corrected chi connectivity index (χ1v) is 7.38. The topological polar surface area (TPSA) is 61.0 Å². The van der Waals surface area contributed by atoms with Gasteiger partial charge in [0.1, 0.15) is 0 Å². The van der Waals surface area contributed by atoms with Crippen LogP contribution in [0.2, 0.25) is 0 Å². The molecule has 110 valence electrons. The van der Waals surface area contributed by atoms with Crippen molar-refractivity contribution in [1.82, 2.24) is 14.9 Å². The van der Waals surface area contributed by atoms with Crippen LogP contribution < -0.4 is 10.9 Å². The van der Waals surface area contributed by atoms with E-state index in [4.69, 9.17) is 0 Å². The summed E-state index contributed by atoms with van der Waals surface area (Å²) < 4.78 is 0. The van der Waals surface area contributed by atoms with Crippen molar-refractivity contribution in [3.8, 4) is 0 Å². The number of hydrogen-bond donors (Lipinski definition) is 2. The summed E-state index contributed by atoms with van der Waals surface area (Å²) in [6.45, 7) is 3.08. The van der Waals surface area contributed by atoms with E-state index in [-0.39, 0.29) is 5.56 Å². The number of rotatable bonds is 4. The molecule has 0 unspecified atom stereocenters. The van der Waals surface area contributed by atoms with Gasteiger partial charge in [0.25, 0.3) is 5.56 Å². The summed E-state index contributed by atoms with van der Waals surface area (Å²) in [4.78, 5) is 20.8. The van der Waals surface area contributed by atoms with Crippen LogP contribution in [0.25, 0.3) is 0 Å². The minimum Gasteiger partial charge on any atom is -0.363 e. The number of nitrogens with one attached hydrogen (secondary N) is 2. The lowest BCUT2D eigenvalue weighted by molar-refractivity contribution is 0.211. The molecule has 1 aromatic heterocycles. The van der Waals surface area contributed by atoms with Gasteiger partial charge in [0.05, 0.1) is 0 Å². The highest BCUT2D eigenvalue weighted by molar-refractivity contribution is 5.31. The van der Waals surface area contributed by atoms with E-state index in [1.807, 2.05) is 6.07 Å². The molecule has 0 radical (unpaired) electrons. The van der Waals surface area contributed by atoms with Crippen molar-refractivity contribution in [3.63, 3.8) is 0 Å². The standard InChI is InChI=1S/C16H20N4O/c21-16-15(17-8-9-18-16)19-14-6-10-20(11-7-14)12-13-4-2-1-3-5-13/h1-5,8-9,14H,6-7,10-12H2,(H,17,19)(H,18,21). The normalized spacial score (nSPS) is 16.8. The first-order chi connectivity index (χ1) is 10.3. The molecule has 1 aliphatic heterocycles. The smallest absolute Gasteiger partial charge is 0.290 e. The van der Waals surface area contributed by atoms with Crippen LogP contribution in [0.1, 0.15) is 18.4 Å². The fourth-order valence-electron chi connectivity index (χ4n) is 2.72. The van der Waals surface area contributed by atoms with Gasteiger partial charge in [-0.1, -0.05) is 30.3 Å². The fraction of sp³-hybridized carbons (Fsp3) is 0.375. The zero-order chi connectivity index (χ0) is 14.5. The minimum absolute atomic E-state index is 0.149. The molecular weight excluding hydrogens is 264 g/mol. The van der Waals surface area contributed by atoms with Gasteiger partial charge in [-0.05, 0) is 18.4 Å². The van der Waals surface area contributed by atoms with Crippen molar-refractivity contribution >= 4 is 5.82 Å². The first-order valence-electron chi connectivity index (χ1n) is 7.38. The molecule has 2 N–H and O–H groups in total. The molecule has 2 heterocycles. The van der Waals surface area contributed by atoms with Crippen LogP contribution in [0.15, 0.2) is 47.5 Å². The van der Waals surface area contributed by atoms with Gasteiger partial charge in [0, 0.05) is 38.1 Å². The van der Waals surface area contributed by atoms with Gasteiger partial charge < -0.3 is 10.3 Å². The third-order valence-electron chi connectivity index (χ3n) is 3.89. The molecule has 21 heavy (non-hydrogen) atoms. The van der Waals surface area contributed by atoms with Crippen LogP contribution >= 0.6 is 0 Å². The number of benzene rings is 1. The lowest BCUT2D eigenvalue weighted by Gasteiger charge is -2.32. The highest BCUT2D eigenvalue weighted by atomic mass is 16.1. The molecule has 0 saturated carbocycles. The van der Waals surface area contributed by atoms with Crippen LogP contribution in [0, 0.1) is 0 Å². The second-order valence-corrected chi connectivity index (χ2v) is 5.45. The Hall–Kier alpha value is -2.14. The maximum Gasteiger partial charge on any atom is 0.290 e. The second-order valence-electron chi connectivity index (χ2n) is 5.45. The lowest BCUT2D eigenvalue weighted by Crippen LogP contribution is -2.39. The van der Waals surface area contributed by atoms with Crippen molar-refractivity contribution in [2.24, 2.45) is 0 Å². The summed E-state index contributed by atoms with van der Waals surface area (Å²) in [5, 5.41) is 3.25.